The van der Waals surface area contributed by atoms with E-state index in [2.05, 4.69) is 10.6 Å². The van der Waals surface area contributed by atoms with Crippen LogP contribution in [-0.2, 0) is 9.59 Å². The summed E-state index contributed by atoms with van der Waals surface area (Å²) in [5, 5.41) is 5.45. The van der Waals surface area contributed by atoms with Crippen molar-refractivity contribution in [3.05, 3.63) is 65.7 Å². The number of hydrogen-bond acceptors (Lipinski definition) is 3. The Morgan fingerprint density at radius 3 is 2.23 bits per heavy atom. The van der Waals surface area contributed by atoms with E-state index in [1.165, 1.54) is 0 Å². The molecule has 0 aliphatic carbocycles. The molecule has 0 saturated heterocycles. The molecular weight excluding hydrogens is 326 g/mol. The average Bonchev–Trinajstić information content (AvgIpc) is 2.65. The van der Waals surface area contributed by atoms with Crippen LogP contribution in [0.3, 0.4) is 0 Å². The lowest BCUT2D eigenvalue weighted by molar-refractivity contribution is -0.121. The molecule has 0 aliphatic heterocycles. The van der Waals surface area contributed by atoms with Gasteiger partial charge in [0.15, 0.2) is 0 Å². The van der Waals surface area contributed by atoms with Gasteiger partial charge in [0.2, 0.25) is 11.8 Å². The Kier molecular flexibility index (Phi) is 6.97. The highest BCUT2D eigenvalue weighted by Gasteiger charge is 2.10. The first-order chi connectivity index (χ1) is 12.5. The number of nitrogens with zero attached hydrogens (tertiary/aromatic N) is 1. The van der Waals surface area contributed by atoms with Gasteiger partial charge in [-0.2, -0.15) is 0 Å². The van der Waals surface area contributed by atoms with Gasteiger partial charge >= 0.3 is 0 Å². The summed E-state index contributed by atoms with van der Waals surface area (Å²) in [7, 11) is 3.91. The van der Waals surface area contributed by atoms with E-state index in [1.54, 1.807) is 0 Å². The predicted octanol–water partition coefficient (Wildman–Crippen LogP) is 3.30. The molecule has 2 aromatic rings. The first-order valence-corrected chi connectivity index (χ1v) is 8.60. The van der Waals surface area contributed by atoms with Crippen LogP contribution in [0.25, 0.3) is 6.08 Å². The monoisotopic (exact) mass is 351 g/mol. The Hall–Kier alpha value is -3.08. The smallest absolute Gasteiger partial charge is 0.247 e. The molecule has 136 valence electrons. The maximum absolute atomic E-state index is 12.3. The van der Waals surface area contributed by atoms with Gasteiger partial charge in [0.25, 0.3) is 0 Å². The Bertz CT molecular complexity index is 766. The molecule has 26 heavy (non-hydrogen) atoms. The predicted molar refractivity (Wildman–Crippen MR) is 107 cm³/mol. The fourth-order valence-electron chi connectivity index (χ4n) is 2.40. The second-order valence-corrected chi connectivity index (χ2v) is 6.11. The van der Waals surface area contributed by atoms with E-state index in [9.17, 15) is 9.59 Å². The van der Waals surface area contributed by atoms with Crippen LogP contribution in [0.5, 0.6) is 0 Å². The SMILES string of the molecule is CC/C(=C\c1ccccc1)C(=O)NCC(=O)Nc1ccc(N(C)C)cc1. The molecule has 0 bridgehead atoms. The van der Waals surface area contributed by atoms with Crippen molar-refractivity contribution in [2.24, 2.45) is 0 Å². The van der Waals surface area contributed by atoms with Crippen LogP contribution in [0, 0.1) is 0 Å². The Balaban J connectivity index is 1.89. The Morgan fingerprint density at radius 2 is 1.65 bits per heavy atom. The van der Waals surface area contributed by atoms with Crippen molar-refractivity contribution in [2.75, 3.05) is 30.9 Å². The van der Waals surface area contributed by atoms with Gasteiger partial charge in [0.05, 0.1) is 6.54 Å². The molecule has 5 heteroatoms. The largest absolute Gasteiger partial charge is 0.378 e. The molecule has 0 unspecified atom stereocenters. The number of amides is 2. The van der Waals surface area contributed by atoms with Crippen molar-refractivity contribution in [1.82, 2.24) is 5.32 Å². The van der Waals surface area contributed by atoms with Gasteiger partial charge < -0.3 is 15.5 Å². The van der Waals surface area contributed by atoms with Crippen LogP contribution in [0.4, 0.5) is 11.4 Å². The molecule has 0 fully saturated rings. The van der Waals surface area contributed by atoms with Gasteiger partial charge in [-0.3, -0.25) is 9.59 Å². The standard InChI is InChI=1S/C21H25N3O2/c1-4-17(14-16-8-6-5-7-9-16)21(26)22-15-20(25)23-18-10-12-19(13-11-18)24(2)3/h5-14H,4,15H2,1-3H3,(H,22,26)(H,23,25)/b17-14+. The molecule has 0 saturated carbocycles. The number of rotatable bonds is 7. The second-order valence-electron chi connectivity index (χ2n) is 6.11. The summed E-state index contributed by atoms with van der Waals surface area (Å²) in [6.45, 7) is 1.85. The van der Waals surface area contributed by atoms with Crippen LogP contribution >= 0.6 is 0 Å². The van der Waals surface area contributed by atoms with Crippen molar-refractivity contribution >= 4 is 29.3 Å². The first-order valence-electron chi connectivity index (χ1n) is 8.60. The van der Waals surface area contributed by atoms with Crippen LogP contribution < -0.4 is 15.5 Å². The quantitative estimate of drug-likeness (QED) is 0.753. The highest BCUT2D eigenvalue weighted by molar-refractivity contribution is 6.01. The van der Waals surface area contributed by atoms with E-state index in [-0.39, 0.29) is 18.4 Å². The van der Waals surface area contributed by atoms with Crippen molar-refractivity contribution in [3.63, 3.8) is 0 Å². The number of anilines is 2. The highest BCUT2D eigenvalue weighted by Crippen LogP contribution is 2.15. The fraction of sp³-hybridized carbons (Fsp3) is 0.238. The molecule has 5 nitrogen and oxygen atoms in total. The third kappa shape index (κ3) is 5.77. The molecule has 0 atom stereocenters. The summed E-state index contributed by atoms with van der Waals surface area (Å²) in [5.41, 5.74) is 3.35. The summed E-state index contributed by atoms with van der Waals surface area (Å²) in [6.07, 6.45) is 2.43. The van der Waals surface area contributed by atoms with Crippen molar-refractivity contribution < 1.29 is 9.59 Å². The van der Waals surface area contributed by atoms with Crippen LogP contribution in [0.1, 0.15) is 18.9 Å². The third-order valence-electron chi connectivity index (χ3n) is 3.89. The molecular formula is C21H25N3O2. The topological polar surface area (TPSA) is 61.4 Å². The maximum Gasteiger partial charge on any atom is 0.247 e. The minimum atomic E-state index is -0.258. The van der Waals surface area contributed by atoms with E-state index in [4.69, 9.17) is 0 Å². The lowest BCUT2D eigenvalue weighted by atomic mass is 10.1. The summed E-state index contributed by atoms with van der Waals surface area (Å²) in [6, 6.07) is 17.2. The summed E-state index contributed by atoms with van der Waals surface area (Å²) < 4.78 is 0. The Morgan fingerprint density at radius 1 is 1.00 bits per heavy atom. The normalized spacial score (nSPS) is 11.0. The van der Waals surface area contributed by atoms with Gasteiger partial charge in [-0.15, -0.1) is 0 Å². The molecule has 2 amide bonds. The van der Waals surface area contributed by atoms with E-state index >= 15 is 0 Å². The molecule has 0 aromatic heterocycles. The minimum Gasteiger partial charge on any atom is -0.378 e. The number of carbonyl (C=O) groups is 2. The summed E-state index contributed by atoms with van der Waals surface area (Å²) in [4.78, 5) is 26.3. The van der Waals surface area contributed by atoms with Crippen LogP contribution in [-0.4, -0.2) is 32.5 Å². The third-order valence-corrected chi connectivity index (χ3v) is 3.89. The van der Waals surface area contributed by atoms with Crippen molar-refractivity contribution in [3.8, 4) is 0 Å². The highest BCUT2D eigenvalue weighted by atomic mass is 16.2. The molecule has 0 aliphatic rings. The molecule has 0 spiro atoms. The second kappa shape index (κ2) is 9.42. The Labute approximate surface area is 154 Å². The van der Waals surface area contributed by atoms with Crippen LogP contribution in [0.2, 0.25) is 0 Å². The lowest BCUT2D eigenvalue weighted by Crippen LogP contribution is -2.33. The molecule has 2 rings (SSSR count). The zero-order valence-corrected chi connectivity index (χ0v) is 15.5. The molecule has 0 heterocycles. The van der Waals surface area contributed by atoms with Gasteiger partial charge in [-0.05, 0) is 42.3 Å². The molecule has 0 radical (unpaired) electrons. The van der Waals surface area contributed by atoms with Crippen LogP contribution in [0.15, 0.2) is 60.2 Å². The van der Waals surface area contributed by atoms with E-state index < -0.39 is 0 Å². The van der Waals surface area contributed by atoms with Crippen molar-refractivity contribution in [1.29, 1.82) is 0 Å². The lowest BCUT2D eigenvalue weighted by Gasteiger charge is -2.13. The summed E-state index contributed by atoms with van der Waals surface area (Å²) >= 11 is 0. The zero-order valence-electron chi connectivity index (χ0n) is 15.5. The number of benzene rings is 2. The van der Waals surface area contributed by atoms with Gasteiger partial charge in [-0.1, -0.05) is 37.3 Å². The van der Waals surface area contributed by atoms with E-state index in [1.807, 2.05) is 86.6 Å². The van der Waals surface area contributed by atoms with Gasteiger partial charge in [-0.25, -0.2) is 0 Å². The summed E-state index contributed by atoms with van der Waals surface area (Å²) in [5.74, 6) is -0.486. The molecule has 2 aromatic carbocycles. The van der Waals surface area contributed by atoms with Gasteiger partial charge in [0.1, 0.15) is 0 Å². The van der Waals surface area contributed by atoms with E-state index in [0.717, 1.165) is 11.3 Å². The first kappa shape index (κ1) is 19.2. The fourth-order valence-corrected chi connectivity index (χ4v) is 2.40. The van der Waals surface area contributed by atoms with E-state index in [0.29, 0.717) is 17.7 Å². The minimum absolute atomic E-state index is 0.0691. The average molecular weight is 351 g/mol. The van der Waals surface area contributed by atoms with Gasteiger partial charge in [0, 0.05) is 31.0 Å². The number of hydrogen-bond donors (Lipinski definition) is 2. The van der Waals surface area contributed by atoms with Crippen molar-refractivity contribution in [2.45, 2.75) is 13.3 Å². The number of carbonyl (C=O) groups excluding carboxylic acids is 2. The molecule has 2 N–H and O–H groups in total. The zero-order chi connectivity index (χ0) is 18.9. The maximum atomic E-state index is 12.3. The number of nitrogens with one attached hydrogen (secondary N) is 2.